The average molecular weight is 560 g/mol. The Bertz CT molecular complexity index is 1660. The van der Waals surface area contributed by atoms with Gasteiger partial charge in [-0.05, 0) is 60.5 Å². The first-order chi connectivity index (χ1) is 18.7. The van der Waals surface area contributed by atoms with Crippen molar-refractivity contribution in [1.82, 2.24) is 34.4 Å². The summed E-state index contributed by atoms with van der Waals surface area (Å²) in [6, 6.07) is 12.4. The number of likely N-dealkylation sites (N-methyl/N-ethyl adjacent to an activating group) is 1. The van der Waals surface area contributed by atoms with Gasteiger partial charge < -0.3 is 4.90 Å². The molecule has 0 fully saturated rings. The number of pyridine rings is 3. The van der Waals surface area contributed by atoms with Crippen LogP contribution < -0.4 is 0 Å². The Kier molecular flexibility index (Phi) is 8.75. The Hall–Kier alpha value is -4.47. The van der Waals surface area contributed by atoms with E-state index in [1.54, 1.807) is 73.7 Å². The van der Waals surface area contributed by atoms with E-state index in [-0.39, 0.29) is 11.7 Å². The lowest BCUT2D eigenvalue weighted by atomic mass is 10.1. The summed E-state index contributed by atoms with van der Waals surface area (Å²) in [4.78, 5) is 41.8. The maximum Gasteiger partial charge on any atom is 0.246 e. The predicted molar refractivity (Wildman–Crippen MR) is 151 cm³/mol. The number of fused-ring (bicyclic) bond motifs is 1. The molecule has 0 atom stereocenters. The zero-order chi connectivity index (χ0) is 27.9. The van der Waals surface area contributed by atoms with Crippen LogP contribution in [0.3, 0.4) is 0 Å². The second-order valence-electron chi connectivity index (χ2n) is 8.52. The molecule has 1 amide bonds. The van der Waals surface area contributed by atoms with Crippen LogP contribution in [0.25, 0.3) is 23.0 Å². The Morgan fingerprint density at radius 2 is 1.59 bits per heavy atom. The monoisotopic (exact) mass is 559 g/mol. The molecule has 5 rings (SSSR count). The lowest BCUT2D eigenvalue weighted by Crippen LogP contribution is -2.18. The highest BCUT2D eigenvalue weighted by Gasteiger charge is 2.18. The first-order valence-electron chi connectivity index (χ1n) is 11.7. The van der Waals surface area contributed by atoms with Gasteiger partial charge in [0.25, 0.3) is 0 Å². The van der Waals surface area contributed by atoms with Crippen molar-refractivity contribution in [2.24, 2.45) is 0 Å². The van der Waals surface area contributed by atoms with Crippen LogP contribution in [0.5, 0.6) is 0 Å². The van der Waals surface area contributed by atoms with Crippen molar-refractivity contribution in [1.29, 1.82) is 0 Å². The number of hydrogen-bond acceptors (Lipinski definition) is 7. The topological polar surface area (TPSA) is 106 Å². The molecular weight excluding hydrogens is 537 g/mol. The third-order valence-electron chi connectivity index (χ3n) is 5.42. The van der Waals surface area contributed by atoms with Gasteiger partial charge >= 0.3 is 0 Å². The van der Waals surface area contributed by atoms with E-state index in [2.05, 4.69) is 25.0 Å². The third kappa shape index (κ3) is 6.90. The van der Waals surface area contributed by atoms with E-state index in [4.69, 9.17) is 23.2 Å². The van der Waals surface area contributed by atoms with Crippen molar-refractivity contribution in [3.05, 3.63) is 112 Å². The summed E-state index contributed by atoms with van der Waals surface area (Å²) in [5.74, 6) is -0.273. The molecule has 5 aromatic heterocycles. The predicted octanol–water partition coefficient (Wildman–Crippen LogP) is 5.22. The molecule has 5 aromatic rings. The van der Waals surface area contributed by atoms with E-state index in [1.165, 1.54) is 17.2 Å². The molecule has 0 aliphatic carbocycles. The Labute approximate surface area is 234 Å². The number of carbonyl (C=O) groups excluding carboxylic acids is 2. The first kappa shape index (κ1) is 27.6. The number of nitrogens with zero attached hydrogens (tertiary/aromatic N) is 7. The van der Waals surface area contributed by atoms with Crippen LogP contribution in [0.2, 0.25) is 10.3 Å². The van der Waals surface area contributed by atoms with Gasteiger partial charge in [0.2, 0.25) is 11.7 Å². The second-order valence-corrected chi connectivity index (χ2v) is 9.29. The number of aryl methyl sites for hydroxylation is 1. The summed E-state index contributed by atoms with van der Waals surface area (Å²) in [5, 5.41) is 5.14. The maximum absolute atomic E-state index is 12.7. The van der Waals surface area contributed by atoms with Crippen LogP contribution in [0.15, 0.2) is 79.5 Å². The van der Waals surface area contributed by atoms with E-state index in [0.717, 1.165) is 22.4 Å². The van der Waals surface area contributed by atoms with E-state index >= 15 is 0 Å². The van der Waals surface area contributed by atoms with Crippen LogP contribution in [0.4, 0.5) is 0 Å². The molecule has 0 N–H and O–H groups in total. The standard InChI is InChI=1S/C18H12ClN5O.C10H11ClN2O/c1-11-2-3-14(22-9-11)17(25)13-10-23-24-15(5-7-21-18(13)24)12-4-6-20-16(19)8-12;1-13(2)10(14)4-3-8-5-6-12-9(11)7-8/h2-10H,1H3;3-7H,1-2H3. The van der Waals surface area contributed by atoms with Gasteiger partial charge in [-0.3, -0.25) is 14.6 Å². The lowest BCUT2D eigenvalue weighted by molar-refractivity contribution is -0.123. The van der Waals surface area contributed by atoms with Crippen molar-refractivity contribution >= 4 is 46.6 Å². The van der Waals surface area contributed by atoms with Crippen LogP contribution >= 0.6 is 23.2 Å². The molecule has 0 aromatic carbocycles. The number of hydrogen-bond donors (Lipinski definition) is 0. The van der Waals surface area contributed by atoms with Crippen molar-refractivity contribution in [2.45, 2.75) is 6.92 Å². The second kappa shape index (κ2) is 12.4. The molecule has 0 bridgehead atoms. The Morgan fingerprint density at radius 1 is 0.872 bits per heavy atom. The number of carbonyl (C=O) groups is 2. The highest BCUT2D eigenvalue weighted by Crippen LogP contribution is 2.23. The molecular formula is C28H23Cl2N7O2. The van der Waals surface area contributed by atoms with Gasteiger partial charge in [0.15, 0.2) is 5.65 Å². The van der Waals surface area contributed by atoms with Gasteiger partial charge in [-0.25, -0.2) is 19.5 Å². The smallest absolute Gasteiger partial charge is 0.246 e. The van der Waals surface area contributed by atoms with Crippen LogP contribution in [-0.4, -0.2) is 60.2 Å². The minimum Gasteiger partial charge on any atom is -0.345 e. The molecule has 9 nitrogen and oxygen atoms in total. The molecule has 39 heavy (non-hydrogen) atoms. The van der Waals surface area contributed by atoms with Crippen LogP contribution in [0, 0.1) is 6.92 Å². The van der Waals surface area contributed by atoms with Gasteiger partial charge in [-0.15, -0.1) is 0 Å². The molecule has 0 spiro atoms. The van der Waals surface area contributed by atoms with E-state index < -0.39 is 0 Å². The zero-order valence-electron chi connectivity index (χ0n) is 21.3. The first-order valence-corrected chi connectivity index (χ1v) is 12.4. The van der Waals surface area contributed by atoms with Gasteiger partial charge in [0, 0.05) is 50.5 Å². The molecule has 5 heterocycles. The summed E-state index contributed by atoms with van der Waals surface area (Å²) in [6.07, 6.45) is 11.2. The summed E-state index contributed by atoms with van der Waals surface area (Å²) in [6.45, 7) is 1.92. The molecule has 0 saturated heterocycles. The summed E-state index contributed by atoms with van der Waals surface area (Å²) in [5.41, 5.74) is 4.69. The van der Waals surface area contributed by atoms with Crippen molar-refractivity contribution in [3.63, 3.8) is 0 Å². The van der Waals surface area contributed by atoms with Crippen LogP contribution in [0.1, 0.15) is 27.2 Å². The molecule has 0 radical (unpaired) electrons. The zero-order valence-corrected chi connectivity index (χ0v) is 22.8. The highest BCUT2D eigenvalue weighted by molar-refractivity contribution is 6.29. The summed E-state index contributed by atoms with van der Waals surface area (Å²) in [7, 11) is 3.40. The van der Waals surface area contributed by atoms with Crippen molar-refractivity contribution < 1.29 is 9.59 Å². The summed E-state index contributed by atoms with van der Waals surface area (Å²) < 4.78 is 1.62. The SMILES string of the molecule is CN(C)C(=O)C=Cc1ccnc(Cl)c1.Cc1ccc(C(=O)c2cnn3c(-c4ccnc(Cl)c4)ccnc23)nc1. The van der Waals surface area contributed by atoms with Gasteiger partial charge in [0.1, 0.15) is 16.0 Å². The lowest BCUT2D eigenvalue weighted by Gasteiger charge is -2.05. The molecule has 0 saturated carbocycles. The minimum absolute atomic E-state index is 0.0575. The minimum atomic E-state index is -0.215. The van der Waals surface area contributed by atoms with E-state index in [9.17, 15) is 9.59 Å². The number of amides is 1. The fraction of sp³-hybridized carbons (Fsp3) is 0.107. The normalized spacial score (nSPS) is 10.8. The molecule has 0 aliphatic rings. The number of rotatable bonds is 5. The maximum atomic E-state index is 12.7. The molecule has 11 heteroatoms. The van der Waals surface area contributed by atoms with Gasteiger partial charge in [-0.2, -0.15) is 5.10 Å². The molecule has 0 aliphatic heterocycles. The average Bonchev–Trinajstić information content (AvgIpc) is 3.36. The fourth-order valence-electron chi connectivity index (χ4n) is 3.41. The number of halogens is 2. The van der Waals surface area contributed by atoms with E-state index in [0.29, 0.717) is 27.2 Å². The van der Waals surface area contributed by atoms with Crippen molar-refractivity contribution in [3.8, 4) is 11.3 Å². The highest BCUT2D eigenvalue weighted by atomic mass is 35.5. The van der Waals surface area contributed by atoms with E-state index in [1.807, 2.05) is 25.1 Å². The number of ketones is 1. The Morgan fingerprint density at radius 3 is 2.26 bits per heavy atom. The molecule has 196 valence electrons. The fourth-order valence-corrected chi connectivity index (χ4v) is 3.77. The summed E-state index contributed by atoms with van der Waals surface area (Å²) >= 11 is 11.7. The third-order valence-corrected chi connectivity index (χ3v) is 5.84. The largest absolute Gasteiger partial charge is 0.345 e. The quantitative estimate of drug-likeness (QED) is 0.165. The molecule has 0 unspecified atom stereocenters. The van der Waals surface area contributed by atoms with Crippen LogP contribution in [-0.2, 0) is 4.79 Å². The number of aromatic nitrogens is 6. The Balaban J connectivity index is 0.000000215. The van der Waals surface area contributed by atoms with Gasteiger partial charge in [-0.1, -0.05) is 29.3 Å². The van der Waals surface area contributed by atoms with Crippen molar-refractivity contribution in [2.75, 3.05) is 14.1 Å². The van der Waals surface area contributed by atoms with Gasteiger partial charge in [0.05, 0.1) is 17.5 Å².